The van der Waals surface area contributed by atoms with E-state index >= 15 is 0 Å². The first-order valence-electron chi connectivity index (χ1n) is 4.62. The number of aromatic nitrogens is 2. The third-order valence-electron chi connectivity index (χ3n) is 1.61. The zero-order chi connectivity index (χ0) is 11.1. The summed E-state index contributed by atoms with van der Waals surface area (Å²) in [4.78, 5) is 8.12. The highest BCUT2D eigenvalue weighted by Crippen LogP contribution is 2.11. The van der Waals surface area contributed by atoms with E-state index in [2.05, 4.69) is 16.5 Å². The summed E-state index contributed by atoms with van der Waals surface area (Å²) in [5.74, 6) is 1.37. The van der Waals surface area contributed by atoms with Crippen LogP contribution in [0.25, 0.3) is 0 Å². The SMILES string of the molecule is C=CCCOc1cc(N)nc(COC)n1. The van der Waals surface area contributed by atoms with Gasteiger partial charge >= 0.3 is 0 Å². The van der Waals surface area contributed by atoms with E-state index in [1.165, 1.54) is 0 Å². The molecule has 0 fully saturated rings. The van der Waals surface area contributed by atoms with Gasteiger partial charge in [0.2, 0.25) is 5.88 Å². The molecular weight excluding hydrogens is 194 g/mol. The second-order valence-corrected chi connectivity index (χ2v) is 2.91. The molecule has 5 nitrogen and oxygen atoms in total. The monoisotopic (exact) mass is 209 g/mol. The summed E-state index contributed by atoms with van der Waals surface area (Å²) < 4.78 is 10.3. The van der Waals surface area contributed by atoms with Crippen molar-refractivity contribution >= 4 is 5.82 Å². The predicted octanol–water partition coefficient (Wildman–Crippen LogP) is 1.16. The minimum atomic E-state index is 0.322. The van der Waals surface area contributed by atoms with Crippen LogP contribution in [0.3, 0.4) is 0 Å². The van der Waals surface area contributed by atoms with Gasteiger partial charge in [-0.15, -0.1) is 6.58 Å². The quantitative estimate of drug-likeness (QED) is 0.562. The average Bonchev–Trinajstić information content (AvgIpc) is 2.18. The number of methoxy groups -OCH3 is 1. The Bertz CT molecular complexity index is 328. The highest BCUT2D eigenvalue weighted by Gasteiger charge is 2.02. The van der Waals surface area contributed by atoms with Crippen LogP contribution in [0, 0.1) is 0 Å². The maximum Gasteiger partial charge on any atom is 0.218 e. The number of nitrogens with zero attached hydrogens (tertiary/aromatic N) is 2. The molecule has 0 aliphatic heterocycles. The molecule has 0 unspecified atom stereocenters. The van der Waals surface area contributed by atoms with Crippen molar-refractivity contribution in [1.29, 1.82) is 0 Å². The van der Waals surface area contributed by atoms with Crippen LogP contribution in [0.1, 0.15) is 12.2 Å². The van der Waals surface area contributed by atoms with E-state index in [4.69, 9.17) is 15.2 Å². The first-order valence-corrected chi connectivity index (χ1v) is 4.62. The number of rotatable bonds is 6. The highest BCUT2D eigenvalue weighted by atomic mass is 16.5. The molecule has 2 N–H and O–H groups in total. The van der Waals surface area contributed by atoms with Crippen LogP contribution in [0.4, 0.5) is 5.82 Å². The van der Waals surface area contributed by atoms with Crippen LogP contribution in [0.5, 0.6) is 5.88 Å². The normalized spacial score (nSPS) is 9.93. The Hall–Kier alpha value is -1.62. The van der Waals surface area contributed by atoms with Gasteiger partial charge < -0.3 is 15.2 Å². The molecule has 1 aromatic rings. The summed E-state index contributed by atoms with van der Waals surface area (Å²) in [7, 11) is 1.57. The van der Waals surface area contributed by atoms with Gasteiger partial charge in [-0.2, -0.15) is 4.98 Å². The zero-order valence-electron chi connectivity index (χ0n) is 8.77. The van der Waals surface area contributed by atoms with Crippen LogP contribution >= 0.6 is 0 Å². The van der Waals surface area contributed by atoms with Gasteiger partial charge in [-0.05, 0) is 6.42 Å². The van der Waals surface area contributed by atoms with E-state index in [-0.39, 0.29) is 0 Å². The molecule has 0 amide bonds. The van der Waals surface area contributed by atoms with Gasteiger partial charge in [0.25, 0.3) is 0 Å². The Morgan fingerprint density at radius 1 is 1.53 bits per heavy atom. The molecule has 1 aromatic heterocycles. The van der Waals surface area contributed by atoms with Crippen molar-refractivity contribution < 1.29 is 9.47 Å². The van der Waals surface area contributed by atoms with Crippen LogP contribution in [-0.2, 0) is 11.3 Å². The van der Waals surface area contributed by atoms with E-state index in [0.717, 1.165) is 6.42 Å². The second kappa shape index (κ2) is 5.98. The van der Waals surface area contributed by atoms with Gasteiger partial charge in [-0.3, -0.25) is 0 Å². The number of anilines is 1. The Kier molecular flexibility index (Phi) is 4.56. The van der Waals surface area contributed by atoms with Gasteiger partial charge in [0.05, 0.1) is 6.61 Å². The molecule has 0 aliphatic carbocycles. The van der Waals surface area contributed by atoms with Crippen LogP contribution in [-0.4, -0.2) is 23.7 Å². The van der Waals surface area contributed by atoms with E-state index in [1.54, 1.807) is 19.3 Å². The summed E-state index contributed by atoms with van der Waals surface area (Å²) in [6, 6.07) is 1.59. The summed E-state index contributed by atoms with van der Waals surface area (Å²) in [5, 5.41) is 0. The van der Waals surface area contributed by atoms with Gasteiger partial charge in [0.1, 0.15) is 12.4 Å². The van der Waals surface area contributed by atoms with Gasteiger partial charge in [0.15, 0.2) is 5.82 Å². The van der Waals surface area contributed by atoms with Crippen molar-refractivity contribution in [2.75, 3.05) is 19.5 Å². The fourth-order valence-corrected chi connectivity index (χ4v) is 1.01. The fourth-order valence-electron chi connectivity index (χ4n) is 1.01. The molecule has 0 spiro atoms. The van der Waals surface area contributed by atoms with E-state index in [0.29, 0.717) is 30.7 Å². The Balaban J connectivity index is 2.65. The Morgan fingerprint density at radius 3 is 3.00 bits per heavy atom. The van der Waals surface area contributed by atoms with E-state index < -0.39 is 0 Å². The maximum atomic E-state index is 5.59. The molecule has 0 aliphatic rings. The zero-order valence-corrected chi connectivity index (χ0v) is 8.77. The van der Waals surface area contributed by atoms with Gasteiger partial charge in [-0.25, -0.2) is 4.98 Å². The maximum absolute atomic E-state index is 5.59. The van der Waals surface area contributed by atoms with Crippen molar-refractivity contribution in [2.24, 2.45) is 0 Å². The Labute approximate surface area is 88.9 Å². The first kappa shape index (κ1) is 11.5. The largest absolute Gasteiger partial charge is 0.477 e. The third kappa shape index (κ3) is 3.95. The van der Waals surface area contributed by atoms with Crippen molar-refractivity contribution in [3.05, 3.63) is 24.5 Å². The van der Waals surface area contributed by atoms with E-state index in [1.807, 2.05) is 0 Å². The summed E-state index contributed by atoms with van der Waals surface area (Å²) >= 11 is 0. The number of ether oxygens (including phenoxy) is 2. The van der Waals surface area contributed by atoms with E-state index in [9.17, 15) is 0 Å². The van der Waals surface area contributed by atoms with Crippen molar-refractivity contribution in [3.8, 4) is 5.88 Å². The molecule has 15 heavy (non-hydrogen) atoms. The standard InChI is InChI=1S/C10H15N3O2/c1-3-4-5-15-10-6-8(11)12-9(13-10)7-14-2/h3,6H,1,4-5,7H2,2H3,(H2,11,12,13). The first-order chi connectivity index (χ1) is 7.26. The molecule has 1 heterocycles. The van der Waals surface area contributed by atoms with Gasteiger partial charge in [-0.1, -0.05) is 6.08 Å². The lowest BCUT2D eigenvalue weighted by Gasteiger charge is -2.06. The van der Waals surface area contributed by atoms with Gasteiger partial charge in [0, 0.05) is 13.2 Å². The molecule has 0 bridgehead atoms. The second-order valence-electron chi connectivity index (χ2n) is 2.91. The molecule has 0 saturated carbocycles. The summed E-state index contributed by atoms with van der Waals surface area (Å²) in [6.07, 6.45) is 2.55. The van der Waals surface area contributed by atoms with Crippen LogP contribution < -0.4 is 10.5 Å². The smallest absolute Gasteiger partial charge is 0.218 e. The lowest BCUT2D eigenvalue weighted by molar-refractivity contribution is 0.176. The number of nitrogen functional groups attached to an aromatic ring is 1. The molecule has 82 valence electrons. The summed E-state index contributed by atoms with van der Waals surface area (Å²) in [5.41, 5.74) is 5.59. The lowest BCUT2D eigenvalue weighted by Crippen LogP contribution is -2.05. The molecule has 0 atom stereocenters. The Morgan fingerprint density at radius 2 is 2.33 bits per heavy atom. The number of hydrogen-bond acceptors (Lipinski definition) is 5. The van der Waals surface area contributed by atoms with Crippen molar-refractivity contribution in [3.63, 3.8) is 0 Å². The molecule has 0 aromatic carbocycles. The number of nitrogens with two attached hydrogens (primary N) is 1. The third-order valence-corrected chi connectivity index (χ3v) is 1.61. The van der Waals surface area contributed by atoms with Crippen molar-refractivity contribution in [2.45, 2.75) is 13.0 Å². The minimum absolute atomic E-state index is 0.322. The predicted molar refractivity (Wildman–Crippen MR) is 57.5 cm³/mol. The molecule has 0 radical (unpaired) electrons. The highest BCUT2D eigenvalue weighted by molar-refractivity contribution is 5.32. The van der Waals surface area contributed by atoms with Crippen molar-refractivity contribution in [1.82, 2.24) is 9.97 Å². The van der Waals surface area contributed by atoms with Crippen LogP contribution in [0.2, 0.25) is 0 Å². The topological polar surface area (TPSA) is 70.3 Å². The minimum Gasteiger partial charge on any atom is -0.477 e. The average molecular weight is 209 g/mol. The fraction of sp³-hybridized carbons (Fsp3) is 0.400. The molecule has 5 heteroatoms. The molecular formula is C10H15N3O2. The summed E-state index contributed by atoms with van der Waals surface area (Å²) in [6.45, 7) is 4.46. The van der Waals surface area contributed by atoms with Crippen LogP contribution in [0.15, 0.2) is 18.7 Å². The number of hydrogen-bond donors (Lipinski definition) is 1. The molecule has 1 rings (SSSR count). The molecule has 0 saturated heterocycles. The lowest BCUT2D eigenvalue weighted by atomic mass is 10.4.